The molecule has 3 rings (SSSR count). The van der Waals surface area contributed by atoms with E-state index in [1.807, 2.05) is 48.5 Å². The number of thiazole rings is 1. The molecule has 2 aromatic carbocycles. The van der Waals surface area contributed by atoms with Gasteiger partial charge in [-0.05, 0) is 30.3 Å². The van der Waals surface area contributed by atoms with Crippen molar-refractivity contribution in [3.05, 3.63) is 53.6 Å². The first kappa shape index (κ1) is 20.6. The van der Waals surface area contributed by atoms with Crippen molar-refractivity contribution < 1.29 is 14.4 Å². The number of rotatable bonds is 9. The lowest BCUT2D eigenvalue weighted by Crippen LogP contribution is -3.05. The molecule has 1 N–H and O–H groups in total. The molecule has 7 heteroatoms. The summed E-state index contributed by atoms with van der Waals surface area (Å²) < 4.78 is 6.68. The minimum atomic E-state index is 0.0230. The Hall–Kier alpha value is -2.15. The molecule has 0 atom stereocenters. The molecule has 0 bridgehead atoms. The van der Waals surface area contributed by atoms with Crippen LogP contribution in [0.4, 0.5) is 5.13 Å². The number of nitrogens with one attached hydrogen (secondary N) is 1. The van der Waals surface area contributed by atoms with Gasteiger partial charge in [-0.25, -0.2) is 4.98 Å². The van der Waals surface area contributed by atoms with Crippen LogP contribution in [0.15, 0.2) is 48.5 Å². The summed E-state index contributed by atoms with van der Waals surface area (Å²) in [5, 5.41) is 1.39. The van der Waals surface area contributed by atoms with Gasteiger partial charge in [-0.3, -0.25) is 9.69 Å². The predicted molar refractivity (Wildman–Crippen MR) is 116 cm³/mol. The lowest BCUT2D eigenvalue weighted by molar-refractivity contribution is -0.858. The highest BCUT2D eigenvalue weighted by molar-refractivity contribution is 7.22. The van der Waals surface area contributed by atoms with Gasteiger partial charge < -0.3 is 9.64 Å². The molecule has 0 radical (unpaired) electrons. The van der Waals surface area contributed by atoms with Crippen LogP contribution in [0.3, 0.4) is 0 Å². The lowest BCUT2D eigenvalue weighted by Gasteiger charge is -2.20. The maximum atomic E-state index is 12.9. The zero-order valence-corrected chi connectivity index (χ0v) is 17.7. The van der Waals surface area contributed by atoms with E-state index < -0.39 is 0 Å². The van der Waals surface area contributed by atoms with E-state index in [4.69, 9.17) is 16.3 Å². The molecule has 0 aliphatic carbocycles. The standard InChI is InChI=1S/C21H24ClN3O2S/c1-24(2)12-6-13-25(20(26)11-14-27-17-7-4-3-5-8-17)21-23-18-10-9-16(22)15-19(18)28-21/h3-5,7-10,15H,6,11-14H2,1-2H3/p+1. The van der Waals surface area contributed by atoms with Crippen LogP contribution in [0.5, 0.6) is 5.75 Å². The van der Waals surface area contributed by atoms with Gasteiger partial charge in [0.05, 0.1) is 43.9 Å². The van der Waals surface area contributed by atoms with E-state index in [0.29, 0.717) is 24.6 Å². The summed E-state index contributed by atoms with van der Waals surface area (Å²) in [4.78, 5) is 20.7. The number of hydrogen-bond donors (Lipinski definition) is 1. The number of ether oxygens (including phenoxy) is 1. The third-order valence-electron chi connectivity index (χ3n) is 4.26. The molecule has 148 valence electrons. The van der Waals surface area contributed by atoms with Gasteiger partial charge in [0.15, 0.2) is 5.13 Å². The highest BCUT2D eigenvalue weighted by atomic mass is 35.5. The van der Waals surface area contributed by atoms with E-state index in [1.165, 1.54) is 16.2 Å². The van der Waals surface area contributed by atoms with Crippen LogP contribution in [0.25, 0.3) is 10.2 Å². The smallest absolute Gasteiger partial charge is 0.232 e. The zero-order valence-electron chi connectivity index (χ0n) is 16.2. The number of hydrogen-bond acceptors (Lipinski definition) is 4. The van der Waals surface area contributed by atoms with Crippen LogP contribution in [0.2, 0.25) is 5.02 Å². The van der Waals surface area contributed by atoms with Gasteiger partial charge >= 0.3 is 0 Å². The Balaban J connectivity index is 1.70. The third kappa shape index (κ3) is 5.67. The highest BCUT2D eigenvalue weighted by Gasteiger charge is 2.20. The van der Waals surface area contributed by atoms with Gasteiger partial charge in [0.1, 0.15) is 5.75 Å². The molecule has 0 saturated heterocycles. The molecule has 5 nitrogen and oxygen atoms in total. The molecule has 3 aromatic rings. The van der Waals surface area contributed by atoms with Gasteiger partial charge in [-0.1, -0.05) is 41.1 Å². The van der Waals surface area contributed by atoms with Crippen LogP contribution < -0.4 is 14.5 Å². The highest BCUT2D eigenvalue weighted by Crippen LogP contribution is 2.31. The molecule has 0 aliphatic heterocycles. The number of aromatic nitrogens is 1. The number of carbonyl (C=O) groups excluding carboxylic acids is 1. The van der Waals surface area contributed by atoms with Crippen molar-refractivity contribution in [3.8, 4) is 5.75 Å². The van der Waals surface area contributed by atoms with Crippen molar-refractivity contribution in [1.29, 1.82) is 0 Å². The molecule has 28 heavy (non-hydrogen) atoms. The van der Waals surface area contributed by atoms with E-state index in [1.54, 1.807) is 4.90 Å². The molecular weight excluding hydrogens is 394 g/mol. The maximum absolute atomic E-state index is 12.9. The van der Waals surface area contributed by atoms with Crippen molar-refractivity contribution >= 4 is 44.2 Å². The molecule has 0 saturated carbocycles. The molecule has 0 unspecified atom stereocenters. The number of quaternary nitrogens is 1. The average Bonchev–Trinajstić information content (AvgIpc) is 3.08. The summed E-state index contributed by atoms with van der Waals surface area (Å²) in [6.45, 7) is 1.97. The first-order chi connectivity index (χ1) is 13.5. The molecule has 1 amide bonds. The summed E-state index contributed by atoms with van der Waals surface area (Å²) in [5.74, 6) is 0.794. The second-order valence-corrected chi connectivity index (χ2v) is 8.32. The summed E-state index contributed by atoms with van der Waals surface area (Å²) >= 11 is 7.59. The first-order valence-electron chi connectivity index (χ1n) is 9.36. The zero-order chi connectivity index (χ0) is 19.9. The number of fused-ring (bicyclic) bond motifs is 1. The Morgan fingerprint density at radius 1 is 1.21 bits per heavy atom. The lowest BCUT2D eigenvalue weighted by atomic mass is 10.3. The molecule has 0 spiro atoms. The number of anilines is 1. The Labute approximate surface area is 174 Å². The van der Waals surface area contributed by atoms with Crippen molar-refractivity contribution in [2.24, 2.45) is 0 Å². The van der Waals surface area contributed by atoms with Crippen LogP contribution >= 0.6 is 22.9 Å². The fourth-order valence-corrected chi connectivity index (χ4v) is 4.11. The SMILES string of the molecule is C[NH+](C)CCCN(C(=O)CCOc1ccccc1)c1nc2ccc(Cl)cc2s1. The Morgan fingerprint density at radius 3 is 2.75 bits per heavy atom. The molecule has 1 aromatic heterocycles. The third-order valence-corrected chi connectivity index (χ3v) is 5.53. The monoisotopic (exact) mass is 418 g/mol. The van der Waals surface area contributed by atoms with Gasteiger partial charge in [0.25, 0.3) is 0 Å². The fraction of sp³-hybridized carbons (Fsp3) is 0.333. The van der Waals surface area contributed by atoms with Crippen molar-refractivity contribution in [2.45, 2.75) is 12.8 Å². The maximum Gasteiger partial charge on any atom is 0.232 e. The van der Waals surface area contributed by atoms with Gasteiger partial charge in [0.2, 0.25) is 5.91 Å². The van der Waals surface area contributed by atoms with Crippen LogP contribution in [-0.2, 0) is 4.79 Å². The average molecular weight is 419 g/mol. The fourth-order valence-electron chi connectivity index (χ4n) is 2.83. The van der Waals surface area contributed by atoms with E-state index in [0.717, 1.165) is 34.1 Å². The summed E-state index contributed by atoms with van der Waals surface area (Å²) in [5.41, 5.74) is 0.862. The van der Waals surface area contributed by atoms with Gasteiger partial charge in [-0.15, -0.1) is 0 Å². The molecule has 1 heterocycles. The molecule has 0 fully saturated rings. The number of amides is 1. The normalized spacial score (nSPS) is 11.1. The summed E-state index contributed by atoms with van der Waals surface area (Å²) in [7, 11) is 4.22. The van der Waals surface area contributed by atoms with Gasteiger partial charge in [0, 0.05) is 18.0 Å². The predicted octanol–water partition coefficient (Wildman–Crippen LogP) is 3.29. The van der Waals surface area contributed by atoms with E-state index in [2.05, 4.69) is 19.1 Å². The second kappa shape index (κ2) is 9.87. The van der Waals surface area contributed by atoms with Crippen molar-refractivity contribution in [2.75, 3.05) is 38.7 Å². The van der Waals surface area contributed by atoms with Crippen LogP contribution in [0.1, 0.15) is 12.8 Å². The molecule has 0 aliphatic rings. The minimum absolute atomic E-state index is 0.0230. The first-order valence-corrected chi connectivity index (χ1v) is 10.6. The Kier molecular flexibility index (Phi) is 7.25. The Morgan fingerprint density at radius 2 is 2.00 bits per heavy atom. The second-order valence-electron chi connectivity index (χ2n) is 6.88. The van der Waals surface area contributed by atoms with E-state index >= 15 is 0 Å². The summed E-state index contributed by atoms with van der Waals surface area (Å²) in [6, 6.07) is 15.2. The number of benzene rings is 2. The summed E-state index contributed by atoms with van der Waals surface area (Å²) in [6.07, 6.45) is 1.21. The van der Waals surface area contributed by atoms with Crippen molar-refractivity contribution in [1.82, 2.24) is 4.98 Å². The van der Waals surface area contributed by atoms with E-state index in [-0.39, 0.29) is 5.91 Å². The number of carbonyl (C=O) groups is 1. The minimum Gasteiger partial charge on any atom is -0.493 e. The number of halogens is 1. The Bertz CT molecular complexity index is 914. The van der Waals surface area contributed by atoms with Crippen molar-refractivity contribution in [3.63, 3.8) is 0 Å². The van der Waals surface area contributed by atoms with E-state index in [9.17, 15) is 4.79 Å². The number of nitrogens with zero attached hydrogens (tertiary/aromatic N) is 2. The van der Waals surface area contributed by atoms with Gasteiger partial charge in [-0.2, -0.15) is 0 Å². The van der Waals surface area contributed by atoms with Crippen LogP contribution in [-0.4, -0.2) is 44.7 Å². The number of para-hydroxylation sites is 1. The molecular formula is C21H25ClN3O2S+. The topological polar surface area (TPSA) is 46.9 Å². The largest absolute Gasteiger partial charge is 0.493 e. The van der Waals surface area contributed by atoms with Crippen LogP contribution in [0, 0.1) is 0 Å². The quantitative estimate of drug-likeness (QED) is 0.580.